The highest BCUT2D eigenvalue weighted by atomic mass is 35.5. The summed E-state index contributed by atoms with van der Waals surface area (Å²) in [4.78, 5) is 0.275. The largest absolute Gasteiger partial charge is 0.316 e. The van der Waals surface area contributed by atoms with E-state index in [0.717, 1.165) is 24.0 Å². The van der Waals surface area contributed by atoms with Crippen molar-refractivity contribution in [2.75, 3.05) is 19.8 Å². The zero-order valence-electron chi connectivity index (χ0n) is 12.5. The van der Waals surface area contributed by atoms with Crippen molar-refractivity contribution in [2.24, 2.45) is 0 Å². The quantitative estimate of drug-likeness (QED) is 0.795. The molecule has 0 aromatic heterocycles. The van der Waals surface area contributed by atoms with Crippen LogP contribution in [0.1, 0.15) is 24.0 Å². The van der Waals surface area contributed by atoms with Crippen LogP contribution in [0.2, 0.25) is 5.02 Å². The maximum absolute atomic E-state index is 12.6. The number of benzene rings is 1. The normalized spacial score (nSPS) is 17.0. The third-order valence-electron chi connectivity index (χ3n) is 3.91. The molecular weight excluding hydrogens is 328 g/mol. The van der Waals surface area contributed by atoms with Crippen LogP contribution in [0, 0.1) is 6.92 Å². The Morgan fingerprint density at radius 1 is 1.38 bits per heavy atom. The summed E-state index contributed by atoms with van der Waals surface area (Å²) in [5.74, 6) is 0. The van der Waals surface area contributed by atoms with Gasteiger partial charge >= 0.3 is 0 Å². The fourth-order valence-electron chi connectivity index (χ4n) is 2.26. The number of halogens is 1. The maximum atomic E-state index is 12.6. The highest BCUT2D eigenvalue weighted by Gasteiger charge is 2.42. The van der Waals surface area contributed by atoms with Crippen molar-refractivity contribution in [2.45, 2.75) is 36.0 Å². The fraction of sp³-hybridized carbons (Fsp3) is 0.571. The zero-order chi connectivity index (χ0) is 15.7. The molecule has 7 heteroatoms. The van der Waals surface area contributed by atoms with Crippen LogP contribution in [0.3, 0.4) is 0 Å². The summed E-state index contributed by atoms with van der Waals surface area (Å²) in [6.45, 7) is 2.88. The van der Waals surface area contributed by atoms with Gasteiger partial charge < -0.3 is 5.32 Å². The molecule has 2 N–H and O–H groups in total. The van der Waals surface area contributed by atoms with Gasteiger partial charge in [0.2, 0.25) is 10.0 Å². The minimum atomic E-state index is -3.53. The van der Waals surface area contributed by atoms with Crippen LogP contribution in [0.25, 0.3) is 0 Å². The molecule has 2 rings (SSSR count). The maximum Gasteiger partial charge on any atom is 0.240 e. The van der Waals surface area contributed by atoms with Crippen molar-refractivity contribution in [3.8, 4) is 0 Å². The van der Waals surface area contributed by atoms with Crippen molar-refractivity contribution < 1.29 is 8.42 Å². The molecule has 0 bridgehead atoms. The van der Waals surface area contributed by atoms with Crippen LogP contribution in [-0.2, 0) is 16.6 Å². The summed E-state index contributed by atoms with van der Waals surface area (Å²) in [5, 5.41) is 3.47. The molecule has 21 heavy (non-hydrogen) atoms. The summed E-state index contributed by atoms with van der Waals surface area (Å²) >= 11 is 7.80. The Morgan fingerprint density at radius 3 is 2.57 bits per heavy atom. The number of nitrogens with one attached hydrogen (secondary N) is 2. The van der Waals surface area contributed by atoms with Crippen molar-refractivity contribution in [3.63, 3.8) is 0 Å². The molecule has 0 atom stereocenters. The van der Waals surface area contributed by atoms with E-state index in [1.165, 1.54) is 6.07 Å². The van der Waals surface area contributed by atoms with E-state index in [-0.39, 0.29) is 9.64 Å². The third kappa shape index (κ3) is 3.93. The molecule has 0 spiro atoms. The fourth-order valence-corrected chi connectivity index (χ4v) is 4.82. The molecule has 0 saturated heterocycles. The van der Waals surface area contributed by atoms with Gasteiger partial charge in [0.15, 0.2) is 0 Å². The summed E-state index contributed by atoms with van der Waals surface area (Å²) in [7, 11) is -1.71. The molecular formula is C14H21ClN2O2S2. The average molecular weight is 349 g/mol. The predicted octanol–water partition coefficient (Wildman–Crippen LogP) is 2.54. The van der Waals surface area contributed by atoms with Crippen LogP contribution >= 0.6 is 23.4 Å². The van der Waals surface area contributed by atoms with E-state index in [1.807, 2.05) is 20.2 Å². The van der Waals surface area contributed by atoms with Crippen molar-refractivity contribution >= 4 is 33.4 Å². The second-order valence-corrected chi connectivity index (χ2v) is 8.88. The lowest BCUT2D eigenvalue weighted by Gasteiger charge is -2.16. The number of rotatable bonds is 7. The first-order chi connectivity index (χ1) is 9.83. The molecule has 1 fully saturated rings. The Bertz CT molecular complexity index is 628. The molecule has 0 heterocycles. The van der Waals surface area contributed by atoms with Crippen LogP contribution in [0.5, 0.6) is 0 Å². The highest BCUT2D eigenvalue weighted by molar-refractivity contribution is 8.00. The molecule has 1 aliphatic rings. The second kappa shape index (κ2) is 6.46. The van der Waals surface area contributed by atoms with E-state index < -0.39 is 10.0 Å². The SMILES string of the molecule is CNCc1cc(Cl)cc(S(=O)(=O)NCC2(SC)CC2)c1C. The first-order valence-electron chi connectivity index (χ1n) is 6.82. The van der Waals surface area contributed by atoms with E-state index in [2.05, 4.69) is 10.0 Å². The Morgan fingerprint density at radius 2 is 2.05 bits per heavy atom. The predicted molar refractivity (Wildman–Crippen MR) is 89.6 cm³/mol. The second-order valence-electron chi connectivity index (χ2n) is 5.43. The van der Waals surface area contributed by atoms with Crippen LogP contribution in [-0.4, -0.2) is 33.0 Å². The summed E-state index contributed by atoms with van der Waals surface area (Å²) in [6, 6.07) is 3.33. The minimum absolute atomic E-state index is 0.0906. The Kier molecular flexibility index (Phi) is 5.26. The summed E-state index contributed by atoms with van der Waals surface area (Å²) < 4.78 is 27.9. The molecule has 0 radical (unpaired) electrons. The van der Waals surface area contributed by atoms with Gasteiger partial charge in [0, 0.05) is 22.9 Å². The molecule has 0 amide bonds. The van der Waals surface area contributed by atoms with E-state index in [0.29, 0.717) is 18.1 Å². The van der Waals surface area contributed by atoms with Crippen LogP contribution in [0.15, 0.2) is 17.0 Å². The van der Waals surface area contributed by atoms with Crippen molar-refractivity contribution in [1.29, 1.82) is 0 Å². The molecule has 1 aromatic rings. The van der Waals surface area contributed by atoms with Gasteiger partial charge in [0.1, 0.15) is 0 Å². The van der Waals surface area contributed by atoms with Gasteiger partial charge in [-0.25, -0.2) is 13.1 Å². The molecule has 0 unspecified atom stereocenters. The number of sulfonamides is 1. The van der Waals surface area contributed by atoms with E-state index in [9.17, 15) is 8.42 Å². The molecule has 0 aliphatic heterocycles. The molecule has 1 aliphatic carbocycles. The van der Waals surface area contributed by atoms with E-state index in [4.69, 9.17) is 11.6 Å². The summed E-state index contributed by atoms with van der Waals surface area (Å²) in [6.07, 6.45) is 4.16. The highest BCUT2D eigenvalue weighted by Crippen LogP contribution is 2.46. The number of hydrogen-bond donors (Lipinski definition) is 2. The van der Waals surface area contributed by atoms with Gasteiger partial charge in [-0.15, -0.1) is 0 Å². The minimum Gasteiger partial charge on any atom is -0.316 e. The standard InChI is InChI=1S/C14H21ClN2O2S2/c1-10-11(8-16-2)6-12(15)7-13(10)21(18,19)17-9-14(20-3)4-5-14/h6-7,16-17H,4-5,8-9H2,1-3H3. The average Bonchev–Trinajstić information content (AvgIpc) is 3.21. The van der Waals surface area contributed by atoms with E-state index in [1.54, 1.807) is 17.8 Å². The zero-order valence-corrected chi connectivity index (χ0v) is 14.9. The lowest BCUT2D eigenvalue weighted by molar-refractivity contribution is 0.579. The van der Waals surface area contributed by atoms with Crippen LogP contribution < -0.4 is 10.0 Å². The van der Waals surface area contributed by atoms with Gasteiger partial charge in [-0.2, -0.15) is 11.8 Å². The lowest BCUT2D eigenvalue weighted by Crippen LogP contribution is -2.32. The topological polar surface area (TPSA) is 58.2 Å². The van der Waals surface area contributed by atoms with Gasteiger partial charge in [0.05, 0.1) is 4.90 Å². The van der Waals surface area contributed by atoms with Crippen LogP contribution in [0.4, 0.5) is 0 Å². The lowest BCUT2D eigenvalue weighted by atomic mass is 10.1. The Labute approximate surface area is 136 Å². The Balaban J connectivity index is 2.27. The first-order valence-corrected chi connectivity index (χ1v) is 9.90. The van der Waals surface area contributed by atoms with Gasteiger partial charge in [-0.05, 0) is 56.3 Å². The van der Waals surface area contributed by atoms with Gasteiger partial charge in [-0.1, -0.05) is 11.6 Å². The molecule has 4 nitrogen and oxygen atoms in total. The third-order valence-corrected chi connectivity index (χ3v) is 7.08. The number of thioether (sulfide) groups is 1. The molecule has 1 saturated carbocycles. The summed E-state index contributed by atoms with van der Waals surface area (Å²) in [5.41, 5.74) is 1.65. The van der Waals surface area contributed by atoms with Gasteiger partial charge in [0.25, 0.3) is 0 Å². The van der Waals surface area contributed by atoms with E-state index >= 15 is 0 Å². The smallest absolute Gasteiger partial charge is 0.240 e. The number of hydrogen-bond acceptors (Lipinski definition) is 4. The van der Waals surface area contributed by atoms with Crippen molar-refractivity contribution in [1.82, 2.24) is 10.0 Å². The molecule has 118 valence electrons. The van der Waals surface area contributed by atoms with Crippen molar-refractivity contribution in [3.05, 3.63) is 28.3 Å². The Hall–Kier alpha value is -0.270. The first kappa shape index (κ1) is 17.1. The molecule has 1 aromatic carbocycles. The van der Waals surface area contributed by atoms with Gasteiger partial charge in [-0.3, -0.25) is 0 Å². The monoisotopic (exact) mass is 348 g/mol.